The van der Waals surface area contributed by atoms with Gasteiger partial charge in [0.2, 0.25) is 5.52 Å². The van der Waals surface area contributed by atoms with E-state index in [1.807, 2.05) is 0 Å². The molecule has 0 amide bonds. The molecule has 0 saturated carbocycles. The zero-order valence-corrected chi connectivity index (χ0v) is 10.3. The number of aromatic nitrogens is 2. The van der Waals surface area contributed by atoms with Crippen LogP contribution in [0.15, 0.2) is 10.7 Å². The quantitative estimate of drug-likeness (QED) is 0.452. The van der Waals surface area contributed by atoms with Gasteiger partial charge in [0.1, 0.15) is 5.56 Å². The zero-order valence-electron chi connectivity index (χ0n) is 10.3. The summed E-state index contributed by atoms with van der Waals surface area (Å²) in [5.74, 6) is -1.86. The number of rotatable bonds is 3. The van der Waals surface area contributed by atoms with Crippen molar-refractivity contribution in [1.82, 2.24) is 10.3 Å². The van der Waals surface area contributed by atoms with Gasteiger partial charge in [-0.05, 0) is 10.3 Å². The number of hydrogen-bond donors (Lipinski definition) is 0. The van der Waals surface area contributed by atoms with Crippen LogP contribution in [0.2, 0.25) is 0 Å². The van der Waals surface area contributed by atoms with Crippen LogP contribution in [0.1, 0.15) is 20.7 Å². The lowest BCUT2D eigenvalue weighted by Gasteiger charge is -2.06. The van der Waals surface area contributed by atoms with Crippen molar-refractivity contribution < 1.29 is 28.6 Å². The third-order valence-electron chi connectivity index (χ3n) is 2.51. The summed E-state index contributed by atoms with van der Waals surface area (Å²) in [5.41, 5.74) is -1.70. The van der Waals surface area contributed by atoms with Crippen molar-refractivity contribution in [1.29, 1.82) is 0 Å². The number of nitrogens with zero attached hydrogens (tertiary/aromatic N) is 3. The number of non-ortho nitro benzene ring substituents is 1. The predicted octanol–water partition coefficient (Wildman–Crippen LogP) is 0.704. The summed E-state index contributed by atoms with van der Waals surface area (Å²) in [6, 6.07) is 0.866. The minimum absolute atomic E-state index is 0.244. The molecule has 0 atom stereocenters. The highest BCUT2D eigenvalue weighted by atomic mass is 16.6. The second-order valence-corrected chi connectivity index (χ2v) is 3.52. The molecule has 1 aromatic carbocycles. The Labute approximate surface area is 110 Å². The van der Waals surface area contributed by atoms with E-state index in [1.54, 1.807) is 0 Å². The Hall–Kier alpha value is -3.04. The number of esters is 2. The van der Waals surface area contributed by atoms with E-state index in [-0.39, 0.29) is 22.2 Å². The molecule has 0 aliphatic carbocycles. The van der Waals surface area contributed by atoms with Crippen LogP contribution in [0.25, 0.3) is 11.0 Å². The number of methoxy groups -OCH3 is 2. The van der Waals surface area contributed by atoms with Gasteiger partial charge in [0.25, 0.3) is 0 Å². The van der Waals surface area contributed by atoms with Crippen molar-refractivity contribution in [2.75, 3.05) is 14.2 Å². The fourth-order valence-corrected chi connectivity index (χ4v) is 1.64. The molecule has 2 rings (SSSR count). The number of nitro benzene ring substituents is 1. The Bertz CT molecular complexity index is 721. The molecule has 0 unspecified atom stereocenters. The Morgan fingerprint density at radius 1 is 1.20 bits per heavy atom. The molecule has 104 valence electrons. The summed E-state index contributed by atoms with van der Waals surface area (Å²) < 4.78 is 13.4. The molecule has 0 saturated heterocycles. The van der Waals surface area contributed by atoms with Gasteiger partial charge in [0.15, 0.2) is 5.52 Å². The number of nitro groups is 1. The van der Waals surface area contributed by atoms with Gasteiger partial charge in [-0.25, -0.2) is 14.2 Å². The van der Waals surface area contributed by atoms with Crippen LogP contribution in [-0.4, -0.2) is 41.4 Å². The smallest absolute Gasteiger partial charge is 0.341 e. The van der Waals surface area contributed by atoms with Crippen molar-refractivity contribution in [2.24, 2.45) is 0 Å². The first-order valence-electron chi connectivity index (χ1n) is 5.11. The average molecular weight is 281 g/mol. The molecular formula is C10H7N3O7. The molecule has 0 radical (unpaired) electrons. The summed E-state index contributed by atoms with van der Waals surface area (Å²) in [4.78, 5) is 33.6. The van der Waals surface area contributed by atoms with E-state index in [4.69, 9.17) is 0 Å². The maximum absolute atomic E-state index is 11.7. The SMILES string of the molecule is COC(=O)c1cc([N+](=O)[O-])c2nonc2c1C(=O)OC. The zero-order chi connectivity index (χ0) is 14.9. The van der Waals surface area contributed by atoms with Crippen LogP contribution in [0, 0.1) is 10.1 Å². The third kappa shape index (κ3) is 1.92. The van der Waals surface area contributed by atoms with Crippen LogP contribution in [0.4, 0.5) is 5.69 Å². The lowest BCUT2D eigenvalue weighted by molar-refractivity contribution is -0.383. The molecule has 20 heavy (non-hydrogen) atoms. The average Bonchev–Trinajstić information content (AvgIpc) is 2.92. The first-order valence-corrected chi connectivity index (χ1v) is 5.11. The second kappa shape index (κ2) is 4.91. The Kier molecular flexibility index (Phi) is 3.29. The highest BCUT2D eigenvalue weighted by Crippen LogP contribution is 2.30. The molecule has 0 spiro atoms. The van der Waals surface area contributed by atoms with Crippen LogP contribution in [0.5, 0.6) is 0 Å². The van der Waals surface area contributed by atoms with E-state index >= 15 is 0 Å². The van der Waals surface area contributed by atoms with Crippen LogP contribution >= 0.6 is 0 Å². The van der Waals surface area contributed by atoms with Gasteiger partial charge in [0.05, 0.1) is 24.7 Å². The van der Waals surface area contributed by atoms with Gasteiger partial charge in [-0.2, -0.15) is 0 Å². The van der Waals surface area contributed by atoms with Crippen LogP contribution in [0.3, 0.4) is 0 Å². The van der Waals surface area contributed by atoms with Gasteiger partial charge < -0.3 is 9.47 Å². The van der Waals surface area contributed by atoms with Crippen molar-refractivity contribution >= 4 is 28.7 Å². The van der Waals surface area contributed by atoms with Gasteiger partial charge in [0, 0.05) is 6.07 Å². The third-order valence-corrected chi connectivity index (χ3v) is 2.51. The van der Waals surface area contributed by atoms with Crippen molar-refractivity contribution in [2.45, 2.75) is 0 Å². The molecule has 10 heteroatoms. The lowest BCUT2D eigenvalue weighted by Crippen LogP contribution is -2.13. The number of ether oxygens (including phenoxy) is 2. The number of hydrogen-bond acceptors (Lipinski definition) is 9. The highest BCUT2D eigenvalue weighted by Gasteiger charge is 2.30. The molecule has 0 aliphatic rings. The lowest BCUT2D eigenvalue weighted by atomic mass is 10.0. The first kappa shape index (κ1) is 13.4. The van der Waals surface area contributed by atoms with Crippen molar-refractivity contribution in [3.8, 4) is 0 Å². The van der Waals surface area contributed by atoms with Crippen LogP contribution in [-0.2, 0) is 9.47 Å². The van der Waals surface area contributed by atoms with Gasteiger partial charge in [-0.1, -0.05) is 0 Å². The van der Waals surface area contributed by atoms with E-state index in [0.29, 0.717) is 0 Å². The normalized spacial score (nSPS) is 10.3. The van der Waals surface area contributed by atoms with E-state index in [9.17, 15) is 19.7 Å². The van der Waals surface area contributed by atoms with Gasteiger partial charge >= 0.3 is 17.6 Å². The van der Waals surface area contributed by atoms with Gasteiger partial charge in [-0.15, -0.1) is 0 Å². The first-order chi connectivity index (χ1) is 9.51. The minimum atomic E-state index is -0.946. The molecule has 2 aromatic rings. The maximum atomic E-state index is 11.7. The summed E-state index contributed by atoms with van der Waals surface area (Å²) in [5, 5.41) is 17.7. The predicted molar refractivity (Wildman–Crippen MR) is 61.1 cm³/mol. The Morgan fingerprint density at radius 2 is 1.80 bits per heavy atom. The molecule has 1 aromatic heterocycles. The van der Waals surface area contributed by atoms with Gasteiger partial charge in [-0.3, -0.25) is 10.1 Å². The van der Waals surface area contributed by atoms with E-state index in [0.717, 1.165) is 20.3 Å². The fraction of sp³-hybridized carbons (Fsp3) is 0.200. The number of fused-ring (bicyclic) bond motifs is 1. The van der Waals surface area contributed by atoms with Crippen molar-refractivity contribution in [3.63, 3.8) is 0 Å². The summed E-state index contributed by atoms with van der Waals surface area (Å²) >= 11 is 0. The molecular weight excluding hydrogens is 274 g/mol. The number of carbonyl (C=O) groups is 2. The molecule has 0 N–H and O–H groups in total. The number of carbonyl (C=O) groups excluding carboxylic acids is 2. The molecule has 0 bridgehead atoms. The Balaban J connectivity index is 2.90. The second-order valence-electron chi connectivity index (χ2n) is 3.52. The van der Waals surface area contributed by atoms with Crippen LogP contribution < -0.4 is 0 Å². The van der Waals surface area contributed by atoms with Crippen molar-refractivity contribution in [3.05, 3.63) is 27.3 Å². The topological polar surface area (TPSA) is 135 Å². The van der Waals surface area contributed by atoms with E-state index < -0.39 is 22.5 Å². The highest BCUT2D eigenvalue weighted by molar-refractivity contribution is 6.12. The summed E-state index contributed by atoms with van der Waals surface area (Å²) in [6.45, 7) is 0. The summed E-state index contributed by atoms with van der Waals surface area (Å²) in [6.07, 6.45) is 0. The molecule has 10 nitrogen and oxygen atoms in total. The summed E-state index contributed by atoms with van der Waals surface area (Å²) in [7, 11) is 2.16. The molecule has 0 aliphatic heterocycles. The van der Waals surface area contributed by atoms with E-state index in [2.05, 4.69) is 24.4 Å². The van der Waals surface area contributed by atoms with E-state index in [1.165, 1.54) is 0 Å². The standard InChI is InChI=1S/C10H7N3O7/c1-18-9(14)4-3-5(13(16)17)7-8(12-20-11-7)6(4)10(15)19-2/h3H,1-2H3. The molecule has 1 heterocycles. The fourth-order valence-electron chi connectivity index (χ4n) is 1.64. The largest absolute Gasteiger partial charge is 0.465 e. The Morgan fingerprint density at radius 3 is 2.35 bits per heavy atom. The number of benzene rings is 1. The monoisotopic (exact) mass is 281 g/mol. The maximum Gasteiger partial charge on any atom is 0.341 e. The minimum Gasteiger partial charge on any atom is -0.465 e. The molecule has 0 fully saturated rings.